The predicted octanol–water partition coefficient (Wildman–Crippen LogP) is 1.42. The number of hydrogen-bond donors (Lipinski definition) is 2. The Morgan fingerprint density at radius 1 is 1.35 bits per heavy atom. The second kappa shape index (κ2) is 5.11. The number of imidazole rings is 1. The summed E-state index contributed by atoms with van der Waals surface area (Å²) in [6.45, 7) is 0. The maximum Gasteiger partial charge on any atom is 0.220 e. The largest absolute Gasteiger partial charge is 0.369 e. The molecule has 1 aliphatic carbocycles. The summed E-state index contributed by atoms with van der Waals surface area (Å²) in [5.74, 6) is 0.686. The molecule has 1 amide bonds. The smallest absolute Gasteiger partial charge is 0.220 e. The molecule has 2 aromatic heterocycles. The second-order valence-corrected chi connectivity index (χ2v) is 5.48. The first kappa shape index (κ1) is 12.9. The van der Waals surface area contributed by atoms with E-state index in [0.29, 0.717) is 6.04 Å². The van der Waals surface area contributed by atoms with E-state index >= 15 is 0 Å². The molecule has 2 aromatic rings. The zero-order valence-corrected chi connectivity index (χ0v) is 11.5. The Labute approximate surface area is 117 Å². The molecule has 0 saturated heterocycles. The van der Waals surface area contributed by atoms with Crippen LogP contribution < -0.4 is 11.1 Å². The predicted molar refractivity (Wildman–Crippen MR) is 77.1 cm³/mol. The number of primary amides is 1. The molecule has 1 aliphatic rings. The fourth-order valence-corrected chi connectivity index (χ4v) is 2.88. The molecule has 0 radical (unpaired) electrons. The number of pyridine rings is 1. The van der Waals surface area contributed by atoms with Gasteiger partial charge in [0.25, 0.3) is 0 Å². The molecule has 6 nitrogen and oxygen atoms in total. The molecular weight excluding hydrogens is 254 g/mol. The van der Waals surface area contributed by atoms with Crippen LogP contribution in [0.3, 0.4) is 0 Å². The number of amides is 1. The van der Waals surface area contributed by atoms with Crippen LogP contribution in [0.25, 0.3) is 11.0 Å². The summed E-state index contributed by atoms with van der Waals surface area (Å²) in [5.41, 5.74) is 7.32. The highest BCUT2D eigenvalue weighted by Gasteiger charge is 2.25. The number of nitrogens with zero attached hydrogens (tertiary/aromatic N) is 3. The Hall–Kier alpha value is -2.11. The average molecular weight is 273 g/mol. The Bertz CT molecular complexity index is 628. The molecule has 0 unspecified atom stereocenters. The van der Waals surface area contributed by atoms with E-state index < -0.39 is 0 Å². The number of anilines is 1. The number of hydrogen-bond acceptors (Lipinski definition) is 4. The fraction of sp³-hybridized carbons (Fsp3) is 0.500. The highest BCUT2D eigenvalue weighted by Crippen LogP contribution is 2.27. The molecule has 0 atom stereocenters. The fourth-order valence-electron chi connectivity index (χ4n) is 2.88. The first-order valence-corrected chi connectivity index (χ1v) is 6.97. The summed E-state index contributed by atoms with van der Waals surface area (Å²) >= 11 is 0. The maximum atomic E-state index is 11.2. The van der Waals surface area contributed by atoms with E-state index in [1.165, 1.54) is 0 Å². The van der Waals surface area contributed by atoms with E-state index in [0.717, 1.165) is 42.5 Å². The van der Waals surface area contributed by atoms with E-state index in [1.807, 2.05) is 17.7 Å². The number of carbonyl (C=O) groups is 1. The van der Waals surface area contributed by atoms with E-state index in [-0.39, 0.29) is 11.8 Å². The van der Waals surface area contributed by atoms with Crippen molar-refractivity contribution in [2.24, 2.45) is 18.7 Å². The van der Waals surface area contributed by atoms with Crippen LogP contribution in [0, 0.1) is 5.92 Å². The summed E-state index contributed by atoms with van der Waals surface area (Å²) in [7, 11) is 1.97. The van der Waals surface area contributed by atoms with Gasteiger partial charge in [-0.2, -0.15) is 0 Å². The number of nitrogens with two attached hydrogens (primary N) is 1. The van der Waals surface area contributed by atoms with Crippen molar-refractivity contribution in [1.82, 2.24) is 14.5 Å². The van der Waals surface area contributed by atoms with E-state index in [2.05, 4.69) is 15.3 Å². The molecule has 1 saturated carbocycles. The van der Waals surface area contributed by atoms with Crippen LogP contribution in [0.15, 0.2) is 18.6 Å². The molecule has 106 valence electrons. The summed E-state index contributed by atoms with van der Waals surface area (Å²) in [6.07, 6.45) is 7.18. The van der Waals surface area contributed by atoms with E-state index in [4.69, 9.17) is 5.73 Å². The van der Waals surface area contributed by atoms with Crippen molar-refractivity contribution in [1.29, 1.82) is 0 Å². The lowest BCUT2D eigenvalue weighted by atomic mass is 9.85. The van der Waals surface area contributed by atoms with Gasteiger partial charge in [0.05, 0.1) is 11.8 Å². The summed E-state index contributed by atoms with van der Waals surface area (Å²) in [5, 5.41) is 3.46. The Balaban J connectivity index is 1.73. The second-order valence-electron chi connectivity index (χ2n) is 5.48. The number of carbonyl (C=O) groups excluding carboxylic acids is 1. The third-order valence-corrected chi connectivity index (χ3v) is 4.11. The third-order valence-electron chi connectivity index (χ3n) is 4.11. The minimum atomic E-state index is -0.173. The monoisotopic (exact) mass is 273 g/mol. The zero-order chi connectivity index (χ0) is 14.1. The Morgan fingerprint density at radius 2 is 2.10 bits per heavy atom. The van der Waals surface area contributed by atoms with Crippen LogP contribution in [-0.4, -0.2) is 26.5 Å². The molecule has 0 aliphatic heterocycles. The topological polar surface area (TPSA) is 85.8 Å². The van der Waals surface area contributed by atoms with Crippen LogP contribution in [0.2, 0.25) is 0 Å². The van der Waals surface area contributed by atoms with Crippen molar-refractivity contribution in [2.75, 3.05) is 5.32 Å². The summed E-state index contributed by atoms with van der Waals surface area (Å²) < 4.78 is 1.98. The van der Waals surface area contributed by atoms with Gasteiger partial charge in [-0.1, -0.05) is 0 Å². The van der Waals surface area contributed by atoms with E-state index in [1.54, 1.807) is 12.5 Å². The van der Waals surface area contributed by atoms with Gasteiger partial charge in [0.2, 0.25) is 5.91 Å². The molecule has 1 fully saturated rings. The highest BCUT2D eigenvalue weighted by atomic mass is 16.1. The number of aryl methyl sites for hydroxylation is 1. The van der Waals surface area contributed by atoms with Gasteiger partial charge in [0, 0.05) is 25.2 Å². The molecule has 3 rings (SSSR count). The first-order valence-electron chi connectivity index (χ1n) is 6.97. The number of rotatable bonds is 3. The highest BCUT2D eigenvalue weighted by molar-refractivity contribution is 5.85. The average Bonchev–Trinajstić information content (AvgIpc) is 2.82. The Morgan fingerprint density at radius 3 is 2.80 bits per heavy atom. The third kappa shape index (κ3) is 2.33. The van der Waals surface area contributed by atoms with Crippen molar-refractivity contribution in [3.05, 3.63) is 18.6 Å². The van der Waals surface area contributed by atoms with E-state index in [9.17, 15) is 4.79 Å². The van der Waals surface area contributed by atoms with Crippen LogP contribution in [0.1, 0.15) is 25.7 Å². The number of nitrogens with one attached hydrogen (secondary N) is 1. The Kier molecular flexibility index (Phi) is 3.30. The van der Waals surface area contributed by atoms with Crippen LogP contribution in [-0.2, 0) is 11.8 Å². The quantitative estimate of drug-likeness (QED) is 0.885. The standard InChI is InChI=1S/C14H19N5O/c1-19-8-17-12-11(19)6-7-16-14(12)18-10-4-2-9(3-5-10)13(15)20/h6-10H,2-5H2,1H3,(H2,15,20)(H,16,18). The van der Waals surface area contributed by atoms with Gasteiger partial charge in [0.15, 0.2) is 5.82 Å². The maximum absolute atomic E-state index is 11.2. The molecule has 0 spiro atoms. The minimum Gasteiger partial charge on any atom is -0.369 e. The van der Waals surface area contributed by atoms with Crippen LogP contribution in [0.4, 0.5) is 5.82 Å². The molecule has 0 aromatic carbocycles. The minimum absolute atomic E-state index is 0.0339. The molecule has 2 heterocycles. The normalized spacial score (nSPS) is 22.9. The van der Waals surface area contributed by atoms with Gasteiger partial charge in [-0.05, 0) is 31.7 Å². The molecular formula is C14H19N5O. The van der Waals surface area contributed by atoms with Gasteiger partial charge in [-0.15, -0.1) is 0 Å². The van der Waals surface area contributed by atoms with Crippen molar-refractivity contribution in [3.8, 4) is 0 Å². The molecule has 20 heavy (non-hydrogen) atoms. The molecule has 3 N–H and O–H groups in total. The van der Waals surface area contributed by atoms with Gasteiger partial charge >= 0.3 is 0 Å². The van der Waals surface area contributed by atoms with Crippen molar-refractivity contribution >= 4 is 22.8 Å². The van der Waals surface area contributed by atoms with Gasteiger partial charge in [-0.25, -0.2) is 9.97 Å². The van der Waals surface area contributed by atoms with Crippen molar-refractivity contribution in [3.63, 3.8) is 0 Å². The zero-order valence-electron chi connectivity index (χ0n) is 11.5. The lowest BCUT2D eigenvalue weighted by Gasteiger charge is -2.27. The van der Waals surface area contributed by atoms with Crippen molar-refractivity contribution in [2.45, 2.75) is 31.7 Å². The first-order chi connectivity index (χ1) is 9.65. The summed E-state index contributed by atoms with van der Waals surface area (Å²) in [4.78, 5) is 20.0. The summed E-state index contributed by atoms with van der Waals surface area (Å²) in [6, 6.07) is 2.29. The van der Waals surface area contributed by atoms with Crippen molar-refractivity contribution < 1.29 is 4.79 Å². The molecule has 6 heteroatoms. The van der Waals surface area contributed by atoms with Crippen LogP contribution in [0.5, 0.6) is 0 Å². The number of fused-ring (bicyclic) bond motifs is 1. The van der Waals surface area contributed by atoms with Gasteiger partial charge in [0.1, 0.15) is 5.52 Å². The SMILES string of the molecule is Cn1cnc2c(NC3CCC(C(N)=O)CC3)nccc21. The lowest BCUT2D eigenvalue weighted by molar-refractivity contribution is -0.122. The number of aromatic nitrogens is 3. The van der Waals surface area contributed by atoms with Gasteiger partial charge in [-0.3, -0.25) is 4.79 Å². The lowest BCUT2D eigenvalue weighted by Crippen LogP contribution is -2.32. The molecule has 0 bridgehead atoms. The van der Waals surface area contributed by atoms with Crippen LogP contribution >= 0.6 is 0 Å². The van der Waals surface area contributed by atoms with Gasteiger partial charge < -0.3 is 15.6 Å².